The molecule has 0 N–H and O–H groups in total. The van der Waals surface area contributed by atoms with Crippen LogP contribution in [0.3, 0.4) is 0 Å². The van der Waals surface area contributed by atoms with E-state index in [9.17, 15) is 8.78 Å². The van der Waals surface area contributed by atoms with Crippen molar-refractivity contribution in [2.75, 3.05) is 0 Å². The number of rotatable bonds is 2. The zero-order chi connectivity index (χ0) is 10.7. The molecule has 0 fully saturated rings. The molecule has 0 unspecified atom stereocenters. The number of pyridine rings is 1. The van der Waals surface area contributed by atoms with Crippen molar-refractivity contribution in [1.29, 1.82) is 5.26 Å². The molecule has 0 atom stereocenters. The molecule has 0 amide bonds. The van der Waals surface area contributed by atoms with Crippen LogP contribution in [0, 0.1) is 11.3 Å². The summed E-state index contributed by atoms with van der Waals surface area (Å²) in [7, 11) is 0. The maximum Gasteiger partial charge on any atom is 0.281 e. The standard InChI is InChI=1S/C8H4BrClF2N2/c9-6-3-14-7(8(11)12)5(2-13)4(6)1-10/h3,8H,1H2. The summed E-state index contributed by atoms with van der Waals surface area (Å²) in [5.41, 5.74) is -0.324. The van der Waals surface area contributed by atoms with E-state index in [1.807, 2.05) is 0 Å². The minimum absolute atomic E-state index is 0.00822. The summed E-state index contributed by atoms with van der Waals surface area (Å²) in [4.78, 5) is 3.48. The van der Waals surface area contributed by atoms with Gasteiger partial charge in [0.2, 0.25) is 0 Å². The molecule has 0 aliphatic heterocycles. The van der Waals surface area contributed by atoms with Crippen LogP contribution in [-0.2, 0) is 5.88 Å². The maximum absolute atomic E-state index is 12.4. The van der Waals surface area contributed by atoms with Crippen LogP contribution in [0.5, 0.6) is 0 Å². The molecule has 0 radical (unpaired) electrons. The van der Waals surface area contributed by atoms with Gasteiger partial charge < -0.3 is 0 Å². The van der Waals surface area contributed by atoms with Crippen molar-refractivity contribution in [2.24, 2.45) is 0 Å². The Morgan fingerprint density at radius 2 is 2.29 bits per heavy atom. The first kappa shape index (κ1) is 11.3. The Kier molecular flexibility index (Phi) is 3.78. The van der Waals surface area contributed by atoms with Crippen molar-refractivity contribution >= 4 is 27.5 Å². The third-order valence-corrected chi connectivity index (χ3v) is 2.57. The Morgan fingerprint density at radius 1 is 1.64 bits per heavy atom. The molecule has 14 heavy (non-hydrogen) atoms. The molecular weight excluding hydrogens is 277 g/mol. The highest BCUT2D eigenvalue weighted by Gasteiger charge is 2.19. The molecule has 2 nitrogen and oxygen atoms in total. The number of halogens is 4. The van der Waals surface area contributed by atoms with E-state index in [4.69, 9.17) is 16.9 Å². The Bertz CT molecular complexity index is 390. The smallest absolute Gasteiger partial charge is 0.253 e. The largest absolute Gasteiger partial charge is 0.281 e. The van der Waals surface area contributed by atoms with E-state index in [1.54, 1.807) is 6.07 Å². The summed E-state index contributed by atoms with van der Waals surface area (Å²) in [5.74, 6) is -0.00822. The normalized spacial score (nSPS) is 10.3. The Balaban J connectivity index is 3.43. The van der Waals surface area contributed by atoms with Gasteiger partial charge >= 0.3 is 0 Å². The van der Waals surface area contributed by atoms with E-state index in [1.165, 1.54) is 6.20 Å². The Hall–Kier alpha value is -0.730. The number of nitrogens with zero attached hydrogens (tertiary/aromatic N) is 2. The third-order valence-electron chi connectivity index (χ3n) is 1.62. The van der Waals surface area contributed by atoms with Gasteiger partial charge in [-0.1, -0.05) is 0 Å². The first-order valence-corrected chi connectivity index (χ1v) is 4.86. The van der Waals surface area contributed by atoms with Gasteiger partial charge in [0.15, 0.2) is 0 Å². The topological polar surface area (TPSA) is 36.7 Å². The molecule has 0 aromatic carbocycles. The van der Waals surface area contributed by atoms with Crippen molar-refractivity contribution in [2.45, 2.75) is 12.3 Å². The van der Waals surface area contributed by atoms with Gasteiger partial charge in [-0.25, -0.2) is 8.78 Å². The van der Waals surface area contributed by atoms with E-state index in [0.717, 1.165) is 0 Å². The fourth-order valence-electron chi connectivity index (χ4n) is 0.964. The second kappa shape index (κ2) is 4.67. The van der Waals surface area contributed by atoms with E-state index in [-0.39, 0.29) is 11.4 Å². The molecular formula is C8H4BrClF2N2. The summed E-state index contributed by atoms with van der Waals surface area (Å²) in [5, 5.41) is 8.70. The minimum Gasteiger partial charge on any atom is -0.253 e. The molecule has 0 aliphatic rings. The van der Waals surface area contributed by atoms with Crippen LogP contribution in [0.15, 0.2) is 10.7 Å². The van der Waals surface area contributed by atoms with Gasteiger partial charge in [0.1, 0.15) is 11.8 Å². The molecule has 0 bridgehead atoms. The van der Waals surface area contributed by atoms with Crippen molar-refractivity contribution in [1.82, 2.24) is 4.98 Å². The lowest BCUT2D eigenvalue weighted by Gasteiger charge is -2.07. The molecule has 1 aromatic heterocycles. The Labute approximate surface area is 92.6 Å². The zero-order valence-electron chi connectivity index (χ0n) is 6.77. The lowest BCUT2D eigenvalue weighted by molar-refractivity contribution is 0.145. The fraction of sp³-hybridized carbons (Fsp3) is 0.250. The van der Waals surface area contributed by atoms with Crippen molar-refractivity contribution in [3.8, 4) is 6.07 Å². The summed E-state index contributed by atoms with van der Waals surface area (Å²) < 4.78 is 25.2. The molecule has 1 heterocycles. The average molecular weight is 281 g/mol. The predicted molar refractivity (Wildman–Crippen MR) is 51.2 cm³/mol. The third kappa shape index (κ3) is 2.02. The Morgan fingerprint density at radius 3 is 2.71 bits per heavy atom. The number of aromatic nitrogens is 1. The van der Waals surface area contributed by atoms with E-state index >= 15 is 0 Å². The van der Waals surface area contributed by atoms with E-state index in [0.29, 0.717) is 10.0 Å². The molecule has 1 rings (SSSR count). The number of hydrogen-bond acceptors (Lipinski definition) is 2. The van der Waals surface area contributed by atoms with Gasteiger partial charge in [-0.2, -0.15) is 5.26 Å². The van der Waals surface area contributed by atoms with Crippen LogP contribution < -0.4 is 0 Å². The summed E-state index contributed by atoms with van der Waals surface area (Å²) in [6.07, 6.45) is -1.54. The highest BCUT2D eigenvalue weighted by molar-refractivity contribution is 9.10. The molecule has 0 spiro atoms. The van der Waals surface area contributed by atoms with Gasteiger partial charge in [0.25, 0.3) is 6.43 Å². The summed E-state index contributed by atoms with van der Waals surface area (Å²) in [6.45, 7) is 0. The van der Waals surface area contributed by atoms with Crippen LogP contribution in [0.4, 0.5) is 8.78 Å². The van der Waals surface area contributed by atoms with Crippen LogP contribution >= 0.6 is 27.5 Å². The molecule has 0 aliphatic carbocycles. The lowest BCUT2D eigenvalue weighted by Crippen LogP contribution is -2.00. The molecule has 1 aromatic rings. The summed E-state index contributed by atoms with van der Waals surface area (Å²) >= 11 is 8.63. The van der Waals surface area contributed by atoms with Gasteiger partial charge in [0.05, 0.1) is 5.56 Å². The first-order chi connectivity index (χ1) is 6.61. The highest BCUT2D eigenvalue weighted by atomic mass is 79.9. The van der Waals surface area contributed by atoms with E-state index < -0.39 is 12.1 Å². The van der Waals surface area contributed by atoms with Gasteiger partial charge in [-0.05, 0) is 15.9 Å². The quantitative estimate of drug-likeness (QED) is 0.779. The van der Waals surface area contributed by atoms with Gasteiger partial charge in [-0.3, -0.25) is 4.98 Å². The monoisotopic (exact) mass is 280 g/mol. The second-order valence-corrected chi connectivity index (χ2v) is 3.51. The number of nitriles is 1. The highest BCUT2D eigenvalue weighted by Crippen LogP contribution is 2.28. The maximum atomic E-state index is 12.4. The average Bonchev–Trinajstić information content (AvgIpc) is 2.16. The van der Waals surface area contributed by atoms with Crippen LogP contribution in [0.25, 0.3) is 0 Å². The minimum atomic E-state index is -2.76. The molecule has 0 saturated carbocycles. The zero-order valence-corrected chi connectivity index (χ0v) is 9.11. The van der Waals surface area contributed by atoms with Crippen molar-refractivity contribution in [3.63, 3.8) is 0 Å². The summed E-state index contributed by atoms with van der Waals surface area (Å²) in [6, 6.07) is 1.68. The lowest BCUT2D eigenvalue weighted by atomic mass is 10.1. The SMILES string of the molecule is N#Cc1c(C(F)F)ncc(Br)c1CCl. The molecule has 0 saturated heterocycles. The van der Waals surface area contributed by atoms with Crippen LogP contribution in [0.2, 0.25) is 0 Å². The van der Waals surface area contributed by atoms with Crippen molar-refractivity contribution < 1.29 is 8.78 Å². The number of hydrogen-bond donors (Lipinski definition) is 0. The fourth-order valence-corrected chi connectivity index (χ4v) is 1.84. The predicted octanol–water partition coefficient (Wildman–Crippen LogP) is 3.39. The van der Waals surface area contributed by atoms with Crippen LogP contribution in [0.1, 0.15) is 23.2 Å². The van der Waals surface area contributed by atoms with Gasteiger partial charge in [0, 0.05) is 22.1 Å². The van der Waals surface area contributed by atoms with E-state index in [2.05, 4.69) is 20.9 Å². The second-order valence-electron chi connectivity index (χ2n) is 2.39. The van der Waals surface area contributed by atoms with Crippen molar-refractivity contribution in [3.05, 3.63) is 27.5 Å². The van der Waals surface area contributed by atoms with Crippen LogP contribution in [-0.4, -0.2) is 4.98 Å². The van der Waals surface area contributed by atoms with Gasteiger partial charge in [-0.15, -0.1) is 11.6 Å². The number of alkyl halides is 3. The molecule has 74 valence electrons. The molecule has 6 heteroatoms. The first-order valence-electron chi connectivity index (χ1n) is 3.53.